The number of aromatic amines is 1. The Balaban J connectivity index is 1.75. The third kappa shape index (κ3) is 3.97. The van der Waals surface area contributed by atoms with Crippen molar-refractivity contribution in [2.75, 3.05) is 20.2 Å². The van der Waals surface area contributed by atoms with Gasteiger partial charge >= 0.3 is 0 Å². The topological polar surface area (TPSA) is 117 Å². The maximum atomic E-state index is 12.8. The van der Waals surface area contributed by atoms with Crippen molar-refractivity contribution in [3.8, 4) is 5.95 Å². The van der Waals surface area contributed by atoms with Gasteiger partial charge in [-0.3, -0.25) is 14.4 Å². The summed E-state index contributed by atoms with van der Waals surface area (Å²) < 4.78 is 10.3. The summed E-state index contributed by atoms with van der Waals surface area (Å²) in [6, 6.07) is 5.37. The van der Waals surface area contributed by atoms with Gasteiger partial charge in [0.25, 0.3) is 17.8 Å². The highest BCUT2D eigenvalue weighted by Crippen LogP contribution is 2.24. The van der Waals surface area contributed by atoms with E-state index in [1.54, 1.807) is 25.3 Å². The summed E-state index contributed by atoms with van der Waals surface area (Å²) in [5.74, 6) is -0.679. The summed E-state index contributed by atoms with van der Waals surface area (Å²) in [6.07, 6.45) is 1.98. The summed E-state index contributed by atoms with van der Waals surface area (Å²) in [5, 5.41) is 5.60. The van der Waals surface area contributed by atoms with Crippen LogP contribution in [0.2, 0.25) is 0 Å². The van der Waals surface area contributed by atoms with E-state index in [9.17, 15) is 14.4 Å². The second kappa shape index (κ2) is 7.98. The van der Waals surface area contributed by atoms with Crippen LogP contribution >= 0.6 is 0 Å². The third-order valence-corrected chi connectivity index (χ3v) is 4.39. The normalized spacial score (nSPS) is 19.0. The van der Waals surface area contributed by atoms with Crippen LogP contribution in [0.15, 0.2) is 34.9 Å². The predicted molar refractivity (Wildman–Crippen MR) is 95.4 cm³/mol. The van der Waals surface area contributed by atoms with Crippen molar-refractivity contribution in [3.63, 3.8) is 0 Å². The molecule has 1 aliphatic heterocycles. The minimum absolute atomic E-state index is 0.0810. The molecule has 27 heavy (non-hydrogen) atoms. The van der Waals surface area contributed by atoms with Crippen LogP contribution in [0.5, 0.6) is 5.95 Å². The fraction of sp³-hybridized carbons (Fsp3) is 0.389. The molecule has 0 bridgehead atoms. The number of aromatic nitrogens is 1. The Hall–Kier alpha value is -3.23. The lowest BCUT2D eigenvalue weighted by Crippen LogP contribution is -2.45. The molecule has 3 amide bonds. The van der Waals surface area contributed by atoms with Gasteiger partial charge in [-0.05, 0) is 31.5 Å². The minimum atomic E-state index is -0.692. The van der Waals surface area contributed by atoms with Crippen LogP contribution in [-0.2, 0) is 4.79 Å². The number of nitrogens with one attached hydrogen (secondary N) is 3. The van der Waals surface area contributed by atoms with Crippen LogP contribution in [0.1, 0.15) is 34.4 Å². The highest BCUT2D eigenvalue weighted by Gasteiger charge is 2.41. The number of H-pyrrole nitrogens is 1. The number of furan rings is 1. The Kier molecular flexibility index (Phi) is 5.49. The number of likely N-dealkylation sites (N-methyl/N-ethyl adjacent to an activating group) is 1. The lowest BCUT2D eigenvalue weighted by atomic mass is 10.1. The van der Waals surface area contributed by atoms with Crippen LogP contribution < -0.4 is 15.4 Å². The summed E-state index contributed by atoms with van der Waals surface area (Å²) in [6.45, 7) is 2.46. The number of amides is 3. The Morgan fingerprint density at radius 3 is 2.78 bits per heavy atom. The molecule has 9 heteroatoms. The average molecular weight is 374 g/mol. The first-order valence-electron chi connectivity index (χ1n) is 8.70. The van der Waals surface area contributed by atoms with Gasteiger partial charge in [0, 0.05) is 31.4 Å². The molecule has 3 heterocycles. The smallest absolute Gasteiger partial charge is 0.290 e. The van der Waals surface area contributed by atoms with E-state index in [4.69, 9.17) is 9.15 Å². The number of rotatable bonds is 6. The molecule has 1 saturated heterocycles. The zero-order chi connectivity index (χ0) is 19.4. The SMILES string of the molecule is CCNC(=O)[C@@H]1C[C@H](NC(=O)c2ccc[nH]2)CN1C(=O)c1ccc(OC)o1. The number of likely N-dealkylation sites (tertiary alicyclic amines) is 1. The van der Waals surface area contributed by atoms with E-state index >= 15 is 0 Å². The summed E-state index contributed by atoms with van der Waals surface area (Å²) in [5.41, 5.74) is 0.421. The molecule has 1 fully saturated rings. The van der Waals surface area contributed by atoms with E-state index < -0.39 is 11.9 Å². The molecule has 0 spiro atoms. The number of nitrogens with zero attached hydrogens (tertiary/aromatic N) is 1. The number of methoxy groups -OCH3 is 1. The van der Waals surface area contributed by atoms with E-state index in [1.165, 1.54) is 24.1 Å². The van der Waals surface area contributed by atoms with E-state index in [0.29, 0.717) is 18.7 Å². The summed E-state index contributed by atoms with van der Waals surface area (Å²) in [7, 11) is 1.44. The molecule has 0 aliphatic carbocycles. The maximum absolute atomic E-state index is 12.8. The summed E-state index contributed by atoms with van der Waals surface area (Å²) >= 11 is 0. The summed E-state index contributed by atoms with van der Waals surface area (Å²) in [4.78, 5) is 41.8. The minimum Gasteiger partial charge on any atom is -0.468 e. The molecule has 3 rings (SSSR count). The first-order valence-corrected chi connectivity index (χ1v) is 8.70. The number of carbonyl (C=O) groups excluding carboxylic acids is 3. The first kappa shape index (κ1) is 18.6. The molecule has 1 aliphatic rings. The fourth-order valence-corrected chi connectivity index (χ4v) is 3.13. The molecule has 3 N–H and O–H groups in total. The highest BCUT2D eigenvalue weighted by atomic mass is 16.6. The van der Waals surface area contributed by atoms with Gasteiger partial charge < -0.3 is 29.7 Å². The Labute approximate surface area is 156 Å². The first-order chi connectivity index (χ1) is 13.0. The monoisotopic (exact) mass is 374 g/mol. The quantitative estimate of drug-likeness (QED) is 0.690. The molecule has 0 saturated carbocycles. The van der Waals surface area contributed by atoms with Crippen molar-refractivity contribution >= 4 is 17.7 Å². The van der Waals surface area contributed by atoms with Gasteiger partial charge in [0.05, 0.1) is 7.11 Å². The van der Waals surface area contributed by atoms with Gasteiger partial charge in [-0.2, -0.15) is 0 Å². The standard InChI is InChI=1S/C18H22N4O5/c1-3-19-17(24)13-9-11(21-16(23)12-5-4-8-20-12)10-22(13)18(25)14-6-7-15(26-2)27-14/h4-8,11,13,20H,3,9-10H2,1-2H3,(H,19,24)(H,21,23)/t11-,13-/m0/s1. The molecule has 144 valence electrons. The molecular weight excluding hydrogens is 352 g/mol. The van der Waals surface area contributed by atoms with Crippen molar-refractivity contribution in [3.05, 3.63) is 41.9 Å². The molecule has 9 nitrogen and oxygen atoms in total. The Morgan fingerprint density at radius 2 is 2.15 bits per heavy atom. The van der Waals surface area contributed by atoms with Crippen LogP contribution in [0, 0.1) is 0 Å². The van der Waals surface area contributed by atoms with Gasteiger partial charge in [0.1, 0.15) is 11.7 Å². The Bertz CT molecular complexity index is 814. The fourth-order valence-electron chi connectivity index (χ4n) is 3.13. The van der Waals surface area contributed by atoms with Gasteiger partial charge in [0.15, 0.2) is 5.76 Å². The van der Waals surface area contributed by atoms with Crippen LogP contribution in [0.3, 0.4) is 0 Å². The van der Waals surface area contributed by atoms with Gasteiger partial charge in [-0.1, -0.05) is 0 Å². The lowest BCUT2D eigenvalue weighted by Gasteiger charge is -2.22. The lowest BCUT2D eigenvalue weighted by molar-refractivity contribution is -0.124. The van der Waals surface area contributed by atoms with Crippen LogP contribution in [0.4, 0.5) is 0 Å². The third-order valence-electron chi connectivity index (χ3n) is 4.39. The second-order valence-electron chi connectivity index (χ2n) is 6.18. The molecule has 0 radical (unpaired) electrons. The van der Waals surface area contributed by atoms with E-state index in [1.807, 2.05) is 0 Å². The van der Waals surface area contributed by atoms with Crippen LogP contribution in [0.25, 0.3) is 0 Å². The molecule has 0 unspecified atom stereocenters. The van der Waals surface area contributed by atoms with Crippen LogP contribution in [-0.4, -0.2) is 59.9 Å². The zero-order valence-electron chi connectivity index (χ0n) is 15.2. The van der Waals surface area contributed by atoms with Gasteiger partial charge in [-0.15, -0.1) is 0 Å². The highest BCUT2D eigenvalue weighted by molar-refractivity contribution is 5.97. The number of hydrogen-bond donors (Lipinski definition) is 3. The molecule has 0 aromatic carbocycles. The van der Waals surface area contributed by atoms with Crippen molar-refractivity contribution in [1.82, 2.24) is 20.5 Å². The van der Waals surface area contributed by atoms with Crippen molar-refractivity contribution in [2.24, 2.45) is 0 Å². The number of carbonyl (C=O) groups is 3. The van der Waals surface area contributed by atoms with E-state index in [0.717, 1.165) is 0 Å². The van der Waals surface area contributed by atoms with E-state index in [-0.39, 0.29) is 36.1 Å². The predicted octanol–water partition coefficient (Wildman–Crippen LogP) is 0.765. The maximum Gasteiger partial charge on any atom is 0.290 e. The molecule has 2 aromatic rings. The van der Waals surface area contributed by atoms with Gasteiger partial charge in [0.2, 0.25) is 5.91 Å². The number of hydrogen-bond acceptors (Lipinski definition) is 5. The molecular formula is C18H22N4O5. The zero-order valence-corrected chi connectivity index (χ0v) is 15.2. The van der Waals surface area contributed by atoms with Crippen molar-refractivity contribution in [2.45, 2.75) is 25.4 Å². The molecule has 2 atom stereocenters. The van der Waals surface area contributed by atoms with Gasteiger partial charge in [-0.25, -0.2) is 0 Å². The Morgan fingerprint density at radius 1 is 1.33 bits per heavy atom. The number of ether oxygens (including phenoxy) is 1. The molecule has 2 aromatic heterocycles. The average Bonchev–Trinajstić information content (AvgIpc) is 3.40. The second-order valence-corrected chi connectivity index (χ2v) is 6.18. The van der Waals surface area contributed by atoms with E-state index in [2.05, 4.69) is 15.6 Å². The van der Waals surface area contributed by atoms with Crippen molar-refractivity contribution in [1.29, 1.82) is 0 Å². The largest absolute Gasteiger partial charge is 0.468 e. The van der Waals surface area contributed by atoms with Crippen molar-refractivity contribution < 1.29 is 23.5 Å².